The summed E-state index contributed by atoms with van der Waals surface area (Å²) >= 11 is 0. The monoisotopic (exact) mass is 405 g/mol. The molecule has 0 radical (unpaired) electrons. The topological polar surface area (TPSA) is 57.4 Å². The minimum absolute atomic E-state index is 0.0344. The van der Waals surface area contributed by atoms with Crippen molar-refractivity contribution in [2.45, 2.75) is 51.4 Å². The van der Waals surface area contributed by atoms with Gasteiger partial charge in [-0.15, -0.1) is 0 Å². The van der Waals surface area contributed by atoms with Crippen molar-refractivity contribution in [3.8, 4) is 5.75 Å². The predicted octanol–water partition coefficient (Wildman–Crippen LogP) is 4.42. The molecule has 1 saturated heterocycles. The smallest absolute Gasteiger partial charge is 0.256 e. The second-order valence-electron chi connectivity index (χ2n) is 8.78. The Kier molecular flexibility index (Phi) is 5.38. The molecule has 2 N–H and O–H groups in total. The quantitative estimate of drug-likeness (QED) is 0.724. The maximum Gasteiger partial charge on any atom is 0.256 e. The predicted molar refractivity (Wildman–Crippen MR) is 121 cm³/mol. The molecule has 2 aromatic rings. The first kappa shape index (κ1) is 19.4. The van der Waals surface area contributed by atoms with E-state index in [1.54, 1.807) is 7.11 Å². The molecule has 3 heterocycles. The lowest BCUT2D eigenvalue weighted by Crippen LogP contribution is -2.31. The zero-order valence-electron chi connectivity index (χ0n) is 17.9. The second kappa shape index (κ2) is 8.31. The number of anilines is 1. The molecule has 0 bridgehead atoms. The molecule has 158 valence electrons. The van der Waals surface area contributed by atoms with E-state index < -0.39 is 0 Å². The standard InChI is InChI=1S/C25H31N3O2/c1-30-24-18-7-3-4-8-21(18)26-23(24)16-20-19-15-17(9-10-22(19)27-25(20)29)11-14-28-12-5-2-6-13-28/h9-10,15-16,26H,2-8,11-14H2,1H3,(H,27,29). The van der Waals surface area contributed by atoms with Gasteiger partial charge in [0, 0.05) is 29.1 Å². The van der Waals surface area contributed by atoms with Crippen LogP contribution in [0.3, 0.4) is 0 Å². The summed E-state index contributed by atoms with van der Waals surface area (Å²) in [6.45, 7) is 3.53. The molecule has 1 aromatic carbocycles. The minimum Gasteiger partial charge on any atom is -0.494 e. The minimum atomic E-state index is -0.0344. The maximum absolute atomic E-state index is 12.8. The number of hydrogen-bond donors (Lipinski definition) is 2. The van der Waals surface area contributed by atoms with Gasteiger partial charge in [-0.3, -0.25) is 4.79 Å². The molecule has 5 heteroatoms. The van der Waals surface area contributed by atoms with E-state index >= 15 is 0 Å². The van der Waals surface area contributed by atoms with Crippen molar-refractivity contribution in [1.82, 2.24) is 9.88 Å². The van der Waals surface area contributed by atoms with Crippen LogP contribution in [0.25, 0.3) is 11.6 Å². The van der Waals surface area contributed by atoms with Gasteiger partial charge >= 0.3 is 0 Å². The van der Waals surface area contributed by atoms with Crippen LogP contribution in [-0.4, -0.2) is 42.5 Å². The highest BCUT2D eigenvalue weighted by Crippen LogP contribution is 2.38. The third kappa shape index (κ3) is 3.67. The number of nitrogens with one attached hydrogen (secondary N) is 2. The van der Waals surface area contributed by atoms with Crippen molar-refractivity contribution in [1.29, 1.82) is 0 Å². The van der Waals surface area contributed by atoms with Crippen LogP contribution in [-0.2, 0) is 24.1 Å². The molecule has 1 aromatic heterocycles. The summed E-state index contributed by atoms with van der Waals surface area (Å²) in [6, 6.07) is 6.40. The van der Waals surface area contributed by atoms with Crippen LogP contribution < -0.4 is 10.1 Å². The fraction of sp³-hybridized carbons (Fsp3) is 0.480. The average Bonchev–Trinajstić information content (AvgIpc) is 3.29. The number of rotatable bonds is 5. The van der Waals surface area contributed by atoms with Crippen molar-refractivity contribution in [2.75, 3.05) is 32.1 Å². The van der Waals surface area contributed by atoms with Crippen LogP contribution in [0.5, 0.6) is 5.75 Å². The molecule has 30 heavy (non-hydrogen) atoms. The molecule has 1 fully saturated rings. The number of carbonyl (C=O) groups excluding carboxylic acids is 1. The van der Waals surface area contributed by atoms with E-state index in [1.807, 2.05) is 6.08 Å². The Bertz CT molecular complexity index is 983. The normalized spacial score (nSPS) is 20.2. The molecule has 1 amide bonds. The number of aromatic nitrogens is 1. The lowest BCUT2D eigenvalue weighted by Gasteiger charge is -2.26. The number of fused-ring (bicyclic) bond motifs is 2. The Morgan fingerprint density at radius 2 is 1.93 bits per heavy atom. The second-order valence-corrected chi connectivity index (χ2v) is 8.78. The Labute approximate surface area is 178 Å². The van der Waals surface area contributed by atoms with Gasteiger partial charge in [0.1, 0.15) is 5.75 Å². The fourth-order valence-corrected chi connectivity index (χ4v) is 5.16. The summed E-state index contributed by atoms with van der Waals surface area (Å²) in [6.07, 6.45) is 11.5. The van der Waals surface area contributed by atoms with Crippen molar-refractivity contribution < 1.29 is 9.53 Å². The molecule has 5 nitrogen and oxygen atoms in total. The molecule has 1 aliphatic carbocycles. The zero-order chi connectivity index (χ0) is 20.5. The number of ether oxygens (including phenoxy) is 1. The summed E-state index contributed by atoms with van der Waals surface area (Å²) < 4.78 is 5.73. The summed E-state index contributed by atoms with van der Waals surface area (Å²) in [4.78, 5) is 18.8. The van der Waals surface area contributed by atoms with Gasteiger partial charge in [0.25, 0.3) is 5.91 Å². The number of hydrogen-bond acceptors (Lipinski definition) is 3. The van der Waals surface area contributed by atoms with Crippen LogP contribution in [0.15, 0.2) is 18.2 Å². The van der Waals surface area contributed by atoms with Crippen LogP contribution in [0.4, 0.5) is 5.69 Å². The fourth-order valence-electron chi connectivity index (χ4n) is 5.16. The number of H-pyrrole nitrogens is 1. The van der Waals surface area contributed by atoms with Gasteiger partial charge in [-0.05, 0) is 81.8 Å². The van der Waals surface area contributed by atoms with E-state index in [2.05, 4.69) is 33.4 Å². The molecule has 0 spiro atoms. The third-order valence-corrected chi connectivity index (χ3v) is 6.80. The Balaban J connectivity index is 1.42. The summed E-state index contributed by atoms with van der Waals surface area (Å²) in [5.41, 5.74) is 7.39. The number of piperidine rings is 1. The highest BCUT2D eigenvalue weighted by molar-refractivity contribution is 6.35. The summed E-state index contributed by atoms with van der Waals surface area (Å²) in [5, 5.41) is 3.03. The summed E-state index contributed by atoms with van der Waals surface area (Å²) in [7, 11) is 1.72. The van der Waals surface area contributed by atoms with Crippen LogP contribution >= 0.6 is 0 Å². The number of benzene rings is 1. The number of amides is 1. The third-order valence-electron chi connectivity index (χ3n) is 6.80. The van der Waals surface area contributed by atoms with Gasteiger partial charge < -0.3 is 19.9 Å². The van der Waals surface area contributed by atoms with Crippen molar-refractivity contribution in [3.63, 3.8) is 0 Å². The molecule has 0 unspecified atom stereocenters. The molecule has 3 aliphatic rings. The lowest BCUT2D eigenvalue weighted by atomic mass is 9.97. The first-order chi connectivity index (χ1) is 14.7. The van der Waals surface area contributed by atoms with E-state index in [0.29, 0.717) is 0 Å². The number of methoxy groups -OCH3 is 1. The van der Waals surface area contributed by atoms with Gasteiger partial charge in [0.2, 0.25) is 0 Å². The van der Waals surface area contributed by atoms with E-state index in [1.165, 1.54) is 62.0 Å². The first-order valence-corrected chi connectivity index (χ1v) is 11.4. The van der Waals surface area contributed by atoms with Gasteiger partial charge in [-0.25, -0.2) is 0 Å². The molecular formula is C25H31N3O2. The Morgan fingerprint density at radius 1 is 1.10 bits per heavy atom. The van der Waals surface area contributed by atoms with Crippen molar-refractivity contribution in [2.24, 2.45) is 0 Å². The van der Waals surface area contributed by atoms with Gasteiger partial charge in [0.15, 0.2) is 0 Å². The Hall–Kier alpha value is -2.53. The number of nitrogens with zero attached hydrogens (tertiary/aromatic N) is 1. The highest BCUT2D eigenvalue weighted by atomic mass is 16.5. The highest BCUT2D eigenvalue weighted by Gasteiger charge is 2.27. The lowest BCUT2D eigenvalue weighted by molar-refractivity contribution is -0.110. The maximum atomic E-state index is 12.8. The molecule has 0 saturated carbocycles. The summed E-state index contributed by atoms with van der Waals surface area (Å²) in [5.74, 6) is 0.868. The van der Waals surface area contributed by atoms with Crippen LogP contribution in [0.2, 0.25) is 0 Å². The van der Waals surface area contributed by atoms with E-state index in [9.17, 15) is 4.79 Å². The van der Waals surface area contributed by atoms with Gasteiger partial charge in [-0.1, -0.05) is 12.5 Å². The first-order valence-electron chi connectivity index (χ1n) is 11.4. The Morgan fingerprint density at radius 3 is 2.77 bits per heavy atom. The van der Waals surface area contributed by atoms with E-state index in [0.717, 1.165) is 54.1 Å². The van der Waals surface area contributed by atoms with Gasteiger partial charge in [0.05, 0.1) is 18.4 Å². The van der Waals surface area contributed by atoms with E-state index in [-0.39, 0.29) is 5.91 Å². The largest absolute Gasteiger partial charge is 0.494 e. The number of carbonyl (C=O) groups is 1. The number of likely N-dealkylation sites (tertiary alicyclic amines) is 1. The molecule has 0 atom stereocenters. The SMILES string of the molecule is COc1c(C=C2C(=O)Nc3ccc(CCN4CCCCC4)cc32)[nH]c2c1CCCC2. The number of aryl methyl sites for hydroxylation is 1. The number of aromatic amines is 1. The zero-order valence-corrected chi connectivity index (χ0v) is 17.9. The van der Waals surface area contributed by atoms with Crippen molar-refractivity contribution in [3.05, 3.63) is 46.3 Å². The van der Waals surface area contributed by atoms with Crippen molar-refractivity contribution >= 4 is 23.2 Å². The van der Waals surface area contributed by atoms with Crippen LogP contribution in [0, 0.1) is 0 Å². The average molecular weight is 406 g/mol. The molecule has 2 aliphatic heterocycles. The van der Waals surface area contributed by atoms with Crippen LogP contribution in [0.1, 0.15) is 60.2 Å². The van der Waals surface area contributed by atoms with E-state index in [4.69, 9.17) is 4.74 Å². The molecule has 5 rings (SSSR count). The van der Waals surface area contributed by atoms with Gasteiger partial charge in [-0.2, -0.15) is 0 Å². The molecular weight excluding hydrogens is 374 g/mol.